The zero-order valence-corrected chi connectivity index (χ0v) is 7.36. The van der Waals surface area contributed by atoms with Crippen molar-refractivity contribution in [1.82, 2.24) is 0 Å². The van der Waals surface area contributed by atoms with Crippen LogP contribution >= 0.6 is 0 Å². The highest BCUT2D eigenvalue weighted by Gasteiger charge is 2.07. The van der Waals surface area contributed by atoms with E-state index in [1.54, 1.807) is 12.1 Å². The summed E-state index contributed by atoms with van der Waals surface area (Å²) in [6.07, 6.45) is 0.0468. The number of para-hydroxylation sites is 1. The van der Waals surface area contributed by atoms with Crippen LogP contribution in [0, 0.1) is 11.3 Å². The first-order valence-electron chi connectivity index (χ1n) is 4.20. The third-order valence-electron chi connectivity index (χ3n) is 1.94. The minimum Gasteiger partial charge on any atom is -0.461 e. The molecule has 0 radical (unpaired) electrons. The molecule has 0 aliphatic carbocycles. The Kier molecular flexibility index (Phi) is 2.04. The molecule has 0 bridgehead atoms. The molecule has 0 amide bonds. The normalized spacial score (nSPS) is 9.93. The number of Topliss-reactive ketones (excluding diaryl/α,β-unsaturated/α-hetero) is 1. The Morgan fingerprint density at radius 2 is 2.21 bits per heavy atom. The quantitative estimate of drug-likeness (QED) is 0.673. The first kappa shape index (κ1) is 8.52. The average Bonchev–Trinajstić information content (AvgIpc) is 2.59. The number of rotatable bonds is 2. The van der Waals surface area contributed by atoms with Crippen molar-refractivity contribution in [2.24, 2.45) is 0 Å². The van der Waals surface area contributed by atoms with Crippen LogP contribution in [0.25, 0.3) is 11.0 Å². The lowest BCUT2D eigenvalue weighted by Gasteiger charge is -1.86. The Labute approximate surface area is 80.6 Å². The fourth-order valence-electron chi connectivity index (χ4n) is 1.32. The predicted octanol–water partition coefficient (Wildman–Crippen LogP) is 2.07. The third kappa shape index (κ3) is 1.50. The molecular formula is C11H7NO2. The number of hydrogen-bond acceptors (Lipinski definition) is 3. The van der Waals surface area contributed by atoms with Gasteiger partial charge < -0.3 is 4.42 Å². The maximum Gasteiger partial charge on any atom is 0.239 e. The van der Waals surface area contributed by atoms with Gasteiger partial charge >= 0.3 is 0 Å². The molecule has 0 atom stereocenters. The maximum absolute atomic E-state index is 10.8. The molecule has 0 spiro atoms. The van der Waals surface area contributed by atoms with Gasteiger partial charge in [0.25, 0.3) is 0 Å². The summed E-state index contributed by atoms with van der Waals surface area (Å²) in [6, 6.07) is 10.8. The summed E-state index contributed by atoms with van der Waals surface area (Å²) in [7, 11) is 0. The Hall–Kier alpha value is -2.08. The van der Waals surface area contributed by atoms with Crippen molar-refractivity contribution in [2.75, 3.05) is 0 Å². The van der Waals surface area contributed by atoms with Crippen LogP contribution in [0.1, 0.15) is 5.76 Å². The predicted molar refractivity (Wildman–Crippen MR) is 50.5 cm³/mol. The fraction of sp³-hybridized carbons (Fsp3) is 0.0909. The molecule has 1 aromatic carbocycles. The van der Waals surface area contributed by atoms with Gasteiger partial charge in [0.2, 0.25) is 5.78 Å². The molecule has 3 heteroatoms. The van der Waals surface area contributed by atoms with Gasteiger partial charge in [0, 0.05) is 5.39 Å². The minimum atomic E-state index is -0.482. The monoisotopic (exact) mass is 185 g/mol. The van der Waals surface area contributed by atoms with E-state index in [-0.39, 0.29) is 6.42 Å². The molecule has 14 heavy (non-hydrogen) atoms. The number of carbonyl (C=O) groups is 1. The standard InChI is InChI=1S/C11H7NO2/c12-7-9(13)6-10-5-8-3-1-2-4-11(8)14-10/h1-5H,6H2. The van der Waals surface area contributed by atoms with Gasteiger partial charge in [0.05, 0.1) is 6.42 Å². The minimum absolute atomic E-state index is 0.0468. The molecule has 0 aliphatic heterocycles. The molecule has 68 valence electrons. The van der Waals surface area contributed by atoms with E-state index in [4.69, 9.17) is 9.68 Å². The van der Waals surface area contributed by atoms with E-state index in [1.807, 2.05) is 24.3 Å². The van der Waals surface area contributed by atoms with Crippen LogP contribution in [0.5, 0.6) is 0 Å². The highest BCUT2D eigenvalue weighted by Crippen LogP contribution is 2.18. The summed E-state index contributed by atoms with van der Waals surface area (Å²) >= 11 is 0. The summed E-state index contributed by atoms with van der Waals surface area (Å²) < 4.78 is 5.37. The number of ketones is 1. The summed E-state index contributed by atoms with van der Waals surface area (Å²) in [4.78, 5) is 10.8. The Bertz CT molecular complexity index is 486. The van der Waals surface area contributed by atoms with Gasteiger partial charge in [0.1, 0.15) is 17.4 Å². The smallest absolute Gasteiger partial charge is 0.239 e. The van der Waals surface area contributed by atoms with Gasteiger partial charge in [-0.3, -0.25) is 4.79 Å². The van der Waals surface area contributed by atoms with E-state index in [0.717, 1.165) is 11.0 Å². The van der Waals surface area contributed by atoms with Gasteiger partial charge in [-0.25, -0.2) is 0 Å². The van der Waals surface area contributed by atoms with Crippen LogP contribution in [0.4, 0.5) is 0 Å². The topological polar surface area (TPSA) is 54.0 Å². The molecule has 0 saturated heterocycles. The summed E-state index contributed by atoms with van der Waals surface area (Å²) in [5, 5.41) is 9.28. The van der Waals surface area contributed by atoms with E-state index in [9.17, 15) is 4.79 Å². The van der Waals surface area contributed by atoms with Crippen LogP contribution in [0.2, 0.25) is 0 Å². The molecule has 0 unspecified atom stereocenters. The second-order valence-corrected chi connectivity index (χ2v) is 2.96. The number of nitrogens with zero attached hydrogens (tertiary/aromatic N) is 1. The summed E-state index contributed by atoms with van der Waals surface area (Å²) in [5.41, 5.74) is 0.744. The lowest BCUT2D eigenvalue weighted by Crippen LogP contribution is -1.96. The summed E-state index contributed by atoms with van der Waals surface area (Å²) in [6.45, 7) is 0. The number of carbonyl (C=O) groups excluding carboxylic acids is 1. The molecule has 0 saturated carbocycles. The van der Waals surface area contributed by atoms with Crippen molar-refractivity contribution in [3.05, 3.63) is 36.1 Å². The van der Waals surface area contributed by atoms with Gasteiger partial charge in [-0.2, -0.15) is 5.26 Å². The number of fused-ring (bicyclic) bond motifs is 1. The first-order valence-corrected chi connectivity index (χ1v) is 4.20. The van der Waals surface area contributed by atoms with Crippen LogP contribution in [-0.4, -0.2) is 5.78 Å². The zero-order valence-electron chi connectivity index (χ0n) is 7.36. The third-order valence-corrected chi connectivity index (χ3v) is 1.94. The Morgan fingerprint density at radius 3 is 2.93 bits per heavy atom. The molecule has 2 aromatic rings. The van der Waals surface area contributed by atoms with E-state index < -0.39 is 5.78 Å². The van der Waals surface area contributed by atoms with Crippen molar-refractivity contribution < 1.29 is 9.21 Å². The summed E-state index contributed by atoms with van der Waals surface area (Å²) in [5.74, 6) is 0.0572. The number of furan rings is 1. The fourth-order valence-corrected chi connectivity index (χ4v) is 1.32. The lowest BCUT2D eigenvalue weighted by molar-refractivity contribution is -0.113. The Balaban J connectivity index is 2.37. The maximum atomic E-state index is 10.8. The number of hydrogen-bond donors (Lipinski definition) is 0. The van der Waals surface area contributed by atoms with E-state index in [0.29, 0.717) is 5.76 Å². The lowest BCUT2D eigenvalue weighted by atomic mass is 10.2. The second-order valence-electron chi connectivity index (χ2n) is 2.96. The average molecular weight is 185 g/mol. The van der Waals surface area contributed by atoms with Crippen LogP contribution in [0.3, 0.4) is 0 Å². The van der Waals surface area contributed by atoms with Gasteiger partial charge in [-0.15, -0.1) is 0 Å². The van der Waals surface area contributed by atoms with Crippen molar-refractivity contribution in [2.45, 2.75) is 6.42 Å². The van der Waals surface area contributed by atoms with Crippen LogP contribution in [0.15, 0.2) is 34.7 Å². The van der Waals surface area contributed by atoms with Gasteiger partial charge in [-0.05, 0) is 12.1 Å². The SMILES string of the molecule is N#CC(=O)Cc1cc2ccccc2o1. The van der Waals surface area contributed by atoms with E-state index in [2.05, 4.69) is 0 Å². The Morgan fingerprint density at radius 1 is 1.43 bits per heavy atom. The van der Waals surface area contributed by atoms with E-state index >= 15 is 0 Å². The van der Waals surface area contributed by atoms with Crippen molar-refractivity contribution in [3.63, 3.8) is 0 Å². The van der Waals surface area contributed by atoms with Gasteiger partial charge in [0.15, 0.2) is 0 Å². The highest BCUT2D eigenvalue weighted by atomic mass is 16.3. The molecule has 0 fully saturated rings. The molecule has 3 nitrogen and oxygen atoms in total. The highest BCUT2D eigenvalue weighted by molar-refractivity contribution is 5.95. The van der Waals surface area contributed by atoms with Crippen molar-refractivity contribution in [3.8, 4) is 6.07 Å². The van der Waals surface area contributed by atoms with Crippen LogP contribution < -0.4 is 0 Å². The largest absolute Gasteiger partial charge is 0.461 e. The van der Waals surface area contributed by atoms with Crippen molar-refractivity contribution in [1.29, 1.82) is 5.26 Å². The molecule has 2 rings (SSSR count). The van der Waals surface area contributed by atoms with Gasteiger partial charge in [-0.1, -0.05) is 18.2 Å². The molecule has 1 heterocycles. The first-order chi connectivity index (χ1) is 6.79. The molecule has 0 aliphatic rings. The van der Waals surface area contributed by atoms with E-state index in [1.165, 1.54) is 0 Å². The van der Waals surface area contributed by atoms with Crippen LogP contribution in [-0.2, 0) is 11.2 Å². The number of benzene rings is 1. The second kappa shape index (κ2) is 3.35. The van der Waals surface area contributed by atoms with Crippen molar-refractivity contribution >= 4 is 16.8 Å². The molecule has 0 N–H and O–H groups in total. The zero-order chi connectivity index (χ0) is 9.97. The molecular weight excluding hydrogens is 178 g/mol. The molecule has 1 aromatic heterocycles. The number of nitriles is 1.